The van der Waals surface area contributed by atoms with Crippen LogP contribution in [0.3, 0.4) is 0 Å². The van der Waals surface area contributed by atoms with Crippen molar-refractivity contribution in [2.24, 2.45) is 0 Å². The molecule has 1 aliphatic rings. The van der Waals surface area contributed by atoms with Crippen LogP contribution in [0, 0.1) is 0 Å². The lowest BCUT2D eigenvalue weighted by Gasteiger charge is -2.26. The van der Waals surface area contributed by atoms with Crippen molar-refractivity contribution in [1.82, 2.24) is 10.2 Å². The van der Waals surface area contributed by atoms with Crippen molar-refractivity contribution in [1.29, 1.82) is 0 Å². The van der Waals surface area contributed by atoms with Crippen molar-refractivity contribution < 1.29 is 4.79 Å². The van der Waals surface area contributed by atoms with E-state index in [2.05, 4.69) is 22.3 Å². The minimum Gasteiger partial charge on any atom is -0.354 e. The highest BCUT2D eigenvalue weighted by Gasteiger charge is 2.15. The molecule has 1 aliphatic heterocycles. The molecule has 14 heavy (non-hydrogen) atoms. The summed E-state index contributed by atoms with van der Waals surface area (Å²) in [5, 5.41) is 2.82. The van der Waals surface area contributed by atoms with Crippen molar-refractivity contribution in [3.8, 4) is 0 Å². The standard InChI is InChI=1S/C11H14N2O/c14-11-9-13(7-6-12-11)8-10-4-2-1-3-5-10/h1-5H,6-9H2,(H,12,14). The Morgan fingerprint density at radius 2 is 2.07 bits per heavy atom. The number of carbonyl (C=O) groups is 1. The molecule has 0 radical (unpaired) electrons. The van der Waals surface area contributed by atoms with Gasteiger partial charge in [0.1, 0.15) is 0 Å². The summed E-state index contributed by atoms with van der Waals surface area (Å²) < 4.78 is 0. The zero-order valence-corrected chi connectivity index (χ0v) is 8.07. The molecular formula is C11H14N2O. The first-order valence-corrected chi connectivity index (χ1v) is 4.87. The van der Waals surface area contributed by atoms with Crippen molar-refractivity contribution in [3.63, 3.8) is 0 Å². The Morgan fingerprint density at radius 1 is 1.29 bits per heavy atom. The normalized spacial score (nSPS) is 17.9. The lowest BCUT2D eigenvalue weighted by atomic mass is 10.2. The van der Waals surface area contributed by atoms with E-state index >= 15 is 0 Å². The van der Waals surface area contributed by atoms with Crippen molar-refractivity contribution in [2.45, 2.75) is 6.54 Å². The second-order valence-corrected chi connectivity index (χ2v) is 3.55. The van der Waals surface area contributed by atoms with E-state index in [1.807, 2.05) is 18.2 Å². The third-order valence-corrected chi connectivity index (χ3v) is 2.37. The van der Waals surface area contributed by atoms with Crippen LogP contribution in [-0.4, -0.2) is 30.4 Å². The molecule has 74 valence electrons. The fourth-order valence-corrected chi connectivity index (χ4v) is 1.67. The first-order chi connectivity index (χ1) is 6.84. The van der Waals surface area contributed by atoms with E-state index in [-0.39, 0.29) is 5.91 Å². The summed E-state index contributed by atoms with van der Waals surface area (Å²) in [6, 6.07) is 10.2. The maximum absolute atomic E-state index is 11.1. The monoisotopic (exact) mass is 190 g/mol. The van der Waals surface area contributed by atoms with Crippen molar-refractivity contribution in [2.75, 3.05) is 19.6 Å². The maximum atomic E-state index is 11.1. The van der Waals surface area contributed by atoms with Crippen molar-refractivity contribution in [3.05, 3.63) is 35.9 Å². The van der Waals surface area contributed by atoms with Crippen LogP contribution in [0.25, 0.3) is 0 Å². The SMILES string of the molecule is O=C1CN(Cc2ccccc2)CCN1. The summed E-state index contributed by atoms with van der Waals surface area (Å²) in [6.45, 7) is 3.11. The predicted molar refractivity (Wildman–Crippen MR) is 54.7 cm³/mol. The molecule has 0 unspecified atom stereocenters. The van der Waals surface area contributed by atoms with Gasteiger partial charge in [-0.2, -0.15) is 0 Å². The van der Waals surface area contributed by atoms with E-state index in [0.29, 0.717) is 6.54 Å². The molecule has 3 nitrogen and oxygen atoms in total. The smallest absolute Gasteiger partial charge is 0.234 e. The molecule has 0 atom stereocenters. The average Bonchev–Trinajstić information content (AvgIpc) is 2.19. The average molecular weight is 190 g/mol. The molecule has 0 saturated carbocycles. The Morgan fingerprint density at radius 3 is 2.79 bits per heavy atom. The van der Waals surface area contributed by atoms with Gasteiger partial charge in [-0.1, -0.05) is 30.3 Å². The van der Waals surface area contributed by atoms with Gasteiger partial charge in [0.05, 0.1) is 6.54 Å². The molecule has 1 amide bonds. The Hall–Kier alpha value is -1.35. The van der Waals surface area contributed by atoms with E-state index in [4.69, 9.17) is 0 Å². The molecule has 1 N–H and O–H groups in total. The summed E-state index contributed by atoms with van der Waals surface area (Å²) >= 11 is 0. The van der Waals surface area contributed by atoms with Crippen LogP contribution in [0.4, 0.5) is 0 Å². The molecule has 1 fully saturated rings. The summed E-state index contributed by atoms with van der Waals surface area (Å²) in [4.78, 5) is 13.3. The molecular weight excluding hydrogens is 176 g/mol. The molecule has 3 heteroatoms. The number of hydrogen-bond acceptors (Lipinski definition) is 2. The quantitative estimate of drug-likeness (QED) is 0.741. The number of benzene rings is 1. The molecule has 1 saturated heterocycles. The first-order valence-electron chi connectivity index (χ1n) is 4.87. The Kier molecular flexibility index (Phi) is 2.79. The van der Waals surface area contributed by atoms with E-state index in [0.717, 1.165) is 19.6 Å². The minimum absolute atomic E-state index is 0.132. The van der Waals surface area contributed by atoms with E-state index < -0.39 is 0 Å². The van der Waals surface area contributed by atoms with Gasteiger partial charge in [-0.05, 0) is 5.56 Å². The number of hydrogen-bond donors (Lipinski definition) is 1. The van der Waals surface area contributed by atoms with E-state index in [9.17, 15) is 4.79 Å². The van der Waals surface area contributed by atoms with Crippen LogP contribution >= 0.6 is 0 Å². The Bertz CT molecular complexity index is 310. The maximum Gasteiger partial charge on any atom is 0.234 e. The van der Waals surface area contributed by atoms with Crippen LogP contribution in [0.2, 0.25) is 0 Å². The molecule has 0 aliphatic carbocycles. The third-order valence-electron chi connectivity index (χ3n) is 2.37. The highest BCUT2D eigenvalue weighted by atomic mass is 16.2. The van der Waals surface area contributed by atoms with Gasteiger partial charge in [0, 0.05) is 19.6 Å². The zero-order chi connectivity index (χ0) is 9.80. The topological polar surface area (TPSA) is 32.3 Å². The van der Waals surface area contributed by atoms with Gasteiger partial charge in [0.2, 0.25) is 5.91 Å². The van der Waals surface area contributed by atoms with Crippen LogP contribution in [-0.2, 0) is 11.3 Å². The highest BCUT2D eigenvalue weighted by molar-refractivity contribution is 5.78. The Balaban J connectivity index is 1.94. The van der Waals surface area contributed by atoms with Gasteiger partial charge in [-0.15, -0.1) is 0 Å². The fraction of sp³-hybridized carbons (Fsp3) is 0.364. The van der Waals surface area contributed by atoms with Gasteiger partial charge < -0.3 is 5.32 Å². The number of rotatable bonds is 2. The van der Waals surface area contributed by atoms with Gasteiger partial charge >= 0.3 is 0 Å². The van der Waals surface area contributed by atoms with Crippen LogP contribution in [0.5, 0.6) is 0 Å². The van der Waals surface area contributed by atoms with Crippen LogP contribution in [0.1, 0.15) is 5.56 Å². The van der Waals surface area contributed by atoms with E-state index in [1.165, 1.54) is 5.56 Å². The molecule has 2 rings (SSSR count). The molecule has 0 spiro atoms. The number of piperazine rings is 1. The molecule has 0 aromatic heterocycles. The minimum atomic E-state index is 0.132. The Labute approximate surface area is 83.7 Å². The van der Waals surface area contributed by atoms with Gasteiger partial charge in [0.15, 0.2) is 0 Å². The largest absolute Gasteiger partial charge is 0.354 e. The van der Waals surface area contributed by atoms with Gasteiger partial charge in [-0.3, -0.25) is 9.69 Å². The van der Waals surface area contributed by atoms with E-state index in [1.54, 1.807) is 0 Å². The van der Waals surface area contributed by atoms with Crippen LogP contribution < -0.4 is 5.32 Å². The summed E-state index contributed by atoms with van der Waals surface area (Å²) in [6.07, 6.45) is 0. The van der Waals surface area contributed by atoms with Crippen LogP contribution in [0.15, 0.2) is 30.3 Å². The predicted octanol–water partition coefficient (Wildman–Crippen LogP) is 0.618. The molecule has 1 aromatic carbocycles. The molecule has 1 heterocycles. The summed E-state index contributed by atoms with van der Waals surface area (Å²) in [5.74, 6) is 0.132. The second-order valence-electron chi connectivity index (χ2n) is 3.55. The summed E-state index contributed by atoms with van der Waals surface area (Å²) in [7, 11) is 0. The van der Waals surface area contributed by atoms with Gasteiger partial charge in [0.25, 0.3) is 0 Å². The third kappa shape index (κ3) is 2.33. The molecule has 0 bridgehead atoms. The molecule has 1 aromatic rings. The zero-order valence-electron chi connectivity index (χ0n) is 8.07. The summed E-state index contributed by atoms with van der Waals surface area (Å²) in [5.41, 5.74) is 1.27. The lowest BCUT2D eigenvalue weighted by Crippen LogP contribution is -2.47. The first kappa shape index (κ1) is 9.21. The van der Waals surface area contributed by atoms with Crippen molar-refractivity contribution >= 4 is 5.91 Å². The number of amides is 1. The number of nitrogens with zero attached hydrogens (tertiary/aromatic N) is 1. The second kappa shape index (κ2) is 4.24. The lowest BCUT2D eigenvalue weighted by molar-refractivity contribution is -0.124. The number of carbonyl (C=O) groups excluding carboxylic acids is 1. The number of nitrogens with one attached hydrogen (secondary N) is 1. The fourth-order valence-electron chi connectivity index (χ4n) is 1.67. The highest BCUT2D eigenvalue weighted by Crippen LogP contribution is 2.04. The van der Waals surface area contributed by atoms with Gasteiger partial charge in [-0.25, -0.2) is 0 Å².